The summed E-state index contributed by atoms with van der Waals surface area (Å²) in [6, 6.07) is 0. The van der Waals surface area contributed by atoms with Crippen LogP contribution in [0.25, 0.3) is 0 Å². The Morgan fingerprint density at radius 1 is 1.60 bits per heavy atom. The standard InChI is InChI=1S/C6H10N4/c1-10(2)4-6-8-3-5(7)9-6/h3-4H,1-2H3,(H2,7,9). The lowest BCUT2D eigenvalue weighted by molar-refractivity contribution is 0.557. The van der Waals surface area contributed by atoms with E-state index in [0.717, 1.165) is 0 Å². The van der Waals surface area contributed by atoms with Gasteiger partial charge in [-0.2, -0.15) is 0 Å². The van der Waals surface area contributed by atoms with Crippen LogP contribution in [-0.2, 0) is 0 Å². The van der Waals surface area contributed by atoms with E-state index in [0.29, 0.717) is 11.7 Å². The van der Waals surface area contributed by atoms with Gasteiger partial charge in [0.15, 0.2) is 5.82 Å². The van der Waals surface area contributed by atoms with Crippen molar-refractivity contribution in [3.63, 3.8) is 0 Å². The van der Waals surface area contributed by atoms with Gasteiger partial charge < -0.3 is 10.6 Å². The average Bonchev–Trinajstić information content (AvgIpc) is 2.13. The Labute approximate surface area is 59.8 Å². The van der Waals surface area contributed by atoms with E-state index >= 15 is 0 Å². The third kappa shape index (κ3) is 1.58. The second-order valence-corrected chi connectivity index (χ2v) is 2.25. The Morgan fingerprint density at radius 2 is 2.30 bits per heavy atom. The normalized spacial score (nSPS) is 19.8. The van der Waals surface area contributed by atoms with Gasteiger partial charge in [0, 0.05) is 20.3 Å². The van der Waals surface area contributed by atoms with Crippen molar-refractivity contribution in [3.05, 3.63) is 12.0 Å². The number of aliphatic imine (C=N–C) groups is 2. The predicted molar refractivity (Wildman–Crippen MR) is 41.9 cm³/mol. The maximum Gasteiger partial charge on any atom is 0.170 e. The lowest BCUT2D eigenvalue weighted by Crippen LogP contribution is -2.08. The summed E-state index contributed by atoms with van der Waals surface area (Å²) in [6.45, 7) is 0. The summed E-state index contributed by atoms with van der Waals surface area (Å²) >= 11 is 0. The molecule has 0 aromatic heterocycles. The highest BCUT2D eigenvalue weighted by Gasteiger charge is 1.99. The third-order valence-corrected chi connectivity index (χ3v) is 0.946. The first kappa shape index (κ1) is 6.80. The lowest BCUT2D eigenvalue weighted by atomic mass is 10.7. The molecule has 0 saturated carbocycles. The predicted octanol–water partition coefficient (Wildman–Crippen LogP) is -0.211. The molecule has 0 radical (unpaired) electrons. The van der Waals surface area contributed by atoms with E-state index in [1.54, 1.807) is 6.20 Å². The van der Waals surface area contributed by atoms with Crippen LogP contribution in [0.3, 0.4) is 0 Å². The minimum Gasteiger partial charge on any atom is -0.382 e. The number of nitrogens with two attached hydrogens (primary N) is 1. The van der Waals surface area contributed by atoms with Crippen molar-refractivity contribution >= 4 is 12.1 Å². The molecule has 1 aliphatic rings. The Balaban J connectivity index is 2.70. The Bertz CT molecular complexity index is 212. The molecule has 1 aliphatic heterocycles. The average molecular weight is 138 g/mol. The third-order valence-electron chi connectivity index (χ3n) is 0.946. The molecule has 0 fully saturated rings. The van der Waals surface area contributed by atoms with Crippen LogP contribution >= 0.6 is 0 Å². The van der Waals surface area contributed by atoms with Crippen LogP contribution in [-0.4, -0.2) is 31.0 Å². The summed E-state index contributed by atoms with van der Waals surface area (Å²) in [5.41, 5.74) is 5.34. The molecular weight excluding hydrogens is 128 g/mol. The number of amidine groups is 1. The van der Waals surface area contributed by atoms with E-state index in [1.807, 2.05) is 19.0 Å². The molecule has 0 aromatic rings. The molecule has 4 heteroatoms. The van der Waals surface area contributed by atoms with Crippen molar-refractivity contribution in [2.24, 2.45) is 15.7 Å². The van der Waals surface area contributed by atoms with Crippen LogP contribution in [0.2, 0.25) is 0 Å². The molecule has 0 amide bonds. The van der Waals surface area contributed by atoms with E-state index in [-0.39, 0.29) is 0 Å². The van der Waals surface area contributed by atoms with Crippen LogP contribution < -0.4 is 5.73 Å². The van der Waals surface area contributed by atoms with Crippen LogP contribution in [0.1, 0.15) is 0 Å². The van der Waals surface area contributed by atoms with Crippen LogP contribution in [0.5, 0.6) is 0 Å². The van der Waals surface area contributed by atoms with Gasteiger partial charge in [-0.3, -0.25) is 0 Å². The van der Waals surface area contributed by atoms with Gasteiger partial charge in [-0.05, 0) is 0 Å². The van der Waals surface area contributed by atoms with Gasteiger partial charge in [0.1, 0.15) is 5.84 Å². The molecule has 0 saturated heterocycles. The van der Waals surface area contributed by atoms with Crippen molar-refractivity contribution in [2.45, 2.75) is 0 Å². The summed E-state index contributed by atoms with van der Waals surface area (Å²) in [4.78, 5) is 9.71. The molecule has 54 valence electrons. The van der Waals surface area contributed by atoms with Gasteiger partial charge in [0.05, 0.1) is 6.21 Å². The van der Waals surface area contributed by atoms with Gasteiger partial charge in [-0.15, -0.1) is 0 Å². The topological polar surface area (TPSA) is 54.0 Å². The first-order valence-corrected chi connectivity index (χ1v) is 2.95. The first-order chi connectivity index (χ1) is 4.68. The minimum absolute atomic E-state index is 0.466. The quantitative estimate of drug-likeness (QED) is 0.545. The molecule has 4 nitrogen and oxygen atoms in total. The fraction of sp³-hybridized carbons (Fsp3) is 0.333. The summed E-state index contributed by atoms with van der Waals surface area (Å²) < 4.78 is 0. The van der Waals surface area contributed by atoms with Gasteiger partial charge in [0.2, 0.25) is 0 Å². The molecule has 0 aromatic carbocycles. The summed E-state index contributed by atoms with van der Waals surface area (Å²) in [5.74, 6) is 1.12. The SMILES string of the molecule is CN(C)C=C1N=CC(N)=N1. The van der Waals surface area contributed by atoms with Crippen molar-refractivity contribution < 1.29 is 0 Å². The van der Waals surface area contributed by atoms with E-state index in [9.17, 15) is 0 Å². The van der Waals surface area contributed by atoms with Crippen molar-refractivity contribution in [3.8, 4) is 0 Å². The second-order valence-electron chi connectivity index (χ2n) is 2.25. The Kier molecular flexibility index (Phi) is 1.71. The molecule has 2 N–H and O–H groups in total. The molecule has 0 atom stereocenters. The molecule has 10 heavy (non-hydrogen) atoms. The number of rotatable bonds is 1. The zero-order valence-corrected chi connectivity index (χ0v) is 6.07. The van der Waals surface area contributed by atoms with Crippen molar-refractivity contribution in [2.75, 3.05) is 14.1 Å². The summed E-state index contributed by atoms with van der Waals surface area (Å²) in [6.07, 6.45) is 3.34. The maximum absolute atomic E-state index is 5.34. The van der Waals surface area contributed by atoms with Crippen LogP contribution in [0, 0.1) is 0 Å². The summed E-state index contributed by atoms with van der Waals surface area (Å²) in [5, 5.41) is 0. The van der Waals surface area contributed by atoms with Crippen LogP contribution in [0.4, 0.5) is 0 Å². The zero-order chi connectivity index (χ0) is 7.56. The first-order valence-electron chi connectivity index (χ1n) is 2.95. The van der Waals surface area contributed by atoms with Gasteiger partial charge >= 0.3 is 0 Å². The van der Waals surface area contributed by atoms with Crippen molar-refractivity contribution in [1.29, 1.82) is 0 Å². The lowest BCUT2D eigenvalue weighted by Gasteiger charge is -2.02. The largest absolute Gasteiger partial charge is 0.382 e. The highest BCUT2D eigenvalue weighted by Crippen LogP contribution is 2.02. The fourth-order valence-corrected chi connectivity index (χ4v) is 0.615. The molecule has 1 heterocycles. The number of hydrogen-bond acceptors (Lipinski definition) is 4. The van der Waals surface area contributed by atoms with E-state index in [2.05, 4.69) is 9.98 Å². The maximum atomic E-state index is 5.34. The highest BCUT2D eigenvalue weighted by atomic mass is 15.1. The van der Waals surface area contributed by atoms with E-state index in [4.69, 9.17) is 5.73 Å². The van der Waals surface area contributed by atoms with Gasteiger partial charge in [0.25, 0.3) is 0 Å². The summed E-state index contributed by atoms with van der Waals surface area (Å²) in [7, 11) is 3.82. The van der Waals surface area contributed by atoms with Crippen LogP contribution in [0.15, 0.2) is 22.0 Å². The van der Waals surface area contributed by atoms with Gasteiger partial charge in [-0.25, -0.2) is 9.98 Å². The molecule has 1 rings (SSSR count). The number of hydrogen-bond donors (Lipinski definition) is 1. The number of nitrogens with zero attached hydrogens (tertiary/aromatic N) is 3. The zero-order valence-electron chi connectivity index (χ0n) is 6.07. The second kappa shape index (κ2) is 2.51. The molecule has 0 spiro atoms. The molecule has 0 bridgehead atoms. The molecule has 0 aliphatic carbocycles. The Hall–Kier alpha value is -1.32. The van der Waals surface area contributed by atoms with E-state index < -0.39 is 0 Å². The fourth-order valence-electron chi connectivity index (χ4n) is 0.615. The smallest absolute Gasteiger partial charge is 0.170 e. The highest BCUT2D eigenvalue weighted by molar-refractivity contribution is 6.30. The molecular formula is C6H10N4. The Morgan fingerprint density at radius 3 is 2.70 bits per heavy atom. The van der Waals surface area contributed by atoms with Crippen molar-refractivity contribution in [1.82, 2.24) is 4.90 Å². The minimum atomic E-state index is 0.466. The van der Waals surface area contributed by atoms with E-state index in [1.165, 1.54) is 6.21 Å². The van der Waals surface area contributed by atoms with Gasteiger partial charge in [-0.1, -0.05) is 0 Å². The monoisotopic (exact) mass is 138 g/mol. The molecule has 0 unspecified atom stereocenters.